The van der Waals surface area contributed by atoms with Gasteiger partial charge < -0.3 is 30.0 Å². The Morgan fingerprint density at radius 3 is 2.63 bits per heavy atom. The van der Waals surface area contributed by atoms with Gasteiger partial charge in [-0.2, -0.15) is 4.98 Å². The molecule has 0 bridgehead atoms. The minimum Gasteiger partial charge on any atom is -0.506 e. The fourth-order valence-corrected chi connectivity index (χ4v) is 3.90. The number of fused-ring (bicyclic) bond motifs is 1. The van der Waals surface area contributed by atoms with Crippen LogP contribution in [-0.2, 0) is 11.3 Å². The molecule has 2 heterocycles. The molecule has 0 saturated heterocycles. The maximum atomic E-state index is 11.7. The minimum atomic E-state index is -0.348. The third-order valence-corrected chi connectivity index (χ3v) is 5.98. The van der Waals surface area contributed by atoms with Gasteiger partial charge in [-0.25, -0.2) is 9.97 Å². The first kappa shape index (κ1) is 26.0. The molecule has 3 aromatic rings. The summed E-state index contributed by atoms with van der Waals surface area (Å²) < 4.78 is 10.8. The van der Waals surface area contributed by atoms with Crippen molar-refractivity contribution >= 4 is 28.6 Å². The Bertz CT molecular complexity index is 1170. The van der Waals surface area contributed by atoms with Crippen molar-refractivity contribution in [3.63, 3.8) is 0 Å². The van der Waals surface area contributed by atoms with Gasteiger partial charge in [0.05, 0.1) is 20.4 Å². The number of hydrogen-bond acceptors (Lipinski definition) is 9. The second-order valence-electron chi connectivity index (χ2n) is 8.98. The van der Waals surface area contributed by atoms with E-state index in [0.717, 1.165) is 24.8 Å². The normalized spacial score (nSPS) is 12.7. The molecule has 0 saturated carbocycles. The first-order chi connectivity index (χ1) is 16.8. The minimum absolute atomic E-state index is 0.0234. The summed E-state index contributed by atoms with van der Waals surface area (Å²) in [5.74, 6) is 2.51. The molecule has 0 fully saturated rings. The molecule has 0 aliphatic carbocycles. The Hall–Kier alpha value is -3.62. The SMILES string of the molecule is CCCC[C@](C)(CCC(C)=O)Nc1nc(NCc2ccc(OC)cc2OC)nc2cc(O)cnc12. The van der Waals surface area contributed by atoms with Crippen LogP contribution in [0.25, 0.3) is 11.0 Å². The molecule has 1 atom stereocenters. The van der Waals surface area contributed by atoms with E-state index >= 15 is 0 Å². The van der Waals surface area contributed by atoms with E-state index in [2.05, 4.69) is 34.4 Å². The van der Waals surface area contributed by atoms with Crippen LogP contribution in [0.15, 0.2) is 30.5 Å². The van der Waals surface area contributed by atoms with Gasteiger partial charge in [-0.1, -0.05) is 19.8 Å². The van der Waals surface area contributed by atoms with E-state index in [1.165, 1.54) is 6.20 Å². The number of carbonyl (C=O) groups excluding carboxylic acids is 1. The highest BCUT2D eigenvalue weighted by atomic mass is 16.5. The van der Waals surface area contributed by atoms with Crippen molar-refractivity contribution in [2.24, 2.45) is 0 Å². The summed E-state index contributed by atoms with van der Waals surface area (Å²) in [6.45, 7) is 6.28. The molecule has 9 heteroatoms. The van der Waals surface area contributed by atoms with Crippen LogP contribution < -0.4 is 20.1 Å². The Kier molecular flexibility index (Phi) is 8.68. The van der Waals surface area contributed by atoms with Crippen LogP contribution in [0.1, 0.15) is 58.4 Å². The van der Waals surface area contributed by atoms with Crippen molar-refractivity contribution in [1.82, 2.24) is 15.0 Å². The van der Waals surface area contributed by atoms with Crippen molar-refractivity contribution in [2.45, 2.75) is 65.0 Å². The average molecular weight is 482 g/mol. The number of Topliss-reactive ketones (excluding diaryl/α,β-unsaturated/α-hetero) is 1. The number of methoxy groups -OCH3 is 2. The lowest BCUT2D eigenvalue weighted by molar-refractivity contribution is -0.117. The smallest absolute Gasteiger partial charge is 0.225 e. The summed E-state index contributed by atoms with van der Waals surface area (Å²) in [6.07, 6.45) is 5.48. The lowest BCUT2D eigenvalue weighted by atomic mass is 9.89. The van der Waals surface area contributed by atoms with Crippen LogP contribution >= 0.6 is 0 Å². The summed E-state index contributed by atoms with van der Waals surface area (Å²) in [7, 11) is 3.22. The van der Waals surface area contributed by atoms with Crippen LogP contribution in [0.4, 0.5) is 11.8 Å². The fourth-order valence-electron chi connectivity index (χ4n) is 3.90. The predicted molar refractivity (Wildman–Crippen MR) is 137 cm³/mol. The molecule has 0 amide bonds. The second kappa shape index (κ2) is 11.7. The van der Waals surface area contributed by atoms with Gasteiger partial charge in [-0.3, -0.25) is 0 Å². The van der Waals surface area contributed by atoms with Crippen molar-refractivity contribution in [2.75, 3.05) is 24.9 Å². The number of rotatable bonds is 13. The molecule has 2 aromatic heterocycles. The van der Waals surface area contributed by atoms with Gasteiger partial charge in [0.25, 0.3) is 0 Å². The topological polar surface area (TPSA) is 118 Å². The maximum Gasteiger partial charge on any atom is 0.225 e. The molecule has 0 radical (unpaired) electrons. The predicted octanol–water partition coefficient (Wildman–Crippen LogP) is 5.09. The third-order valence-electron chi connectivity index (χ3n) is 5.98. The van der Waals surface area contributed by atoms with Gasteiger partial charge in [0, 0.05) is 36.2 Å². The molecule has 0 unspecified atom stereocenters. The van der Waals surface area contributed by atoms with E-state index in [0.29, 0.717) is 53.7 Å². The van der Waals surface area contributed by atoms with E-state index in [-0.39, 0.29) is 17.1 Å². The standard InChI is InChI=1S/C26H35N5O4/c1-6-7-11-26(3,12-10-17(2)32)31-24-23-21(13-19(33)16-27-23)29-25(30-24)28-15-18-8-9-20(34-4)14-22(18)35-5/h8-9,13-14,16,33H,6-7,10-12,15H2,1-5H3,(H2,28,29,30,31)/t26-/m1/s1. The number of pyridine rings is 1. The number of benzene rings is 1. The van der Waals surface area contributed by atoms with Crippen LogP contribution in [-0.4, -0.2) is 45.6 Å². The lowest BCUT2D eigenvalue weighted by Gasteiger charge is -2.32. The van der Waals surface area contributed by atoms with Crippen molar-refractivity contribution < 1.29 is 19.4 Å². The summed E-state index contributed by atoms with van der Waals surface area (Å²) in [5.41, 5.74) is 1.63. The maximum absolute atomic E-state index is 11.7. The van der Waals surface area contributed by atoms with E-state index in [1.54, 1.807) is 27.2 Å². The summed E-state index contributed by atoms with van der Waals surface area (Å²) >= 11 is 0. The zero-order valence-electron chi connectivity index (χ0n) is 21.1. The highest BCUT2D eigenvalue weighted by molar-refractivity contribution is 5.87. The Morgan fingerprint density at radius 1 is 1.14 bits per heavy atom. The van der Waals surface area contributed by atoms with Gasteiger partial charge in [0.1, 0.15) is 34.1 Å². The zero-order valence-corrected chi connectivity index (χ0v) is 21.1. The Labute approximate surface area is 206 Å². The number of unbranched alkanes of at least 4 members (excludes halogenated alkanes) is 1. The highest BCUT2D eigenvalue weighted by Crippen LogP contribution is 2.31. The summed E-state index contributed by atoms with van der Waals surface area (Å²) in [4.78, 5) is 25.4. The van der Waals surface area contributed by atoms with E-state index in [1.807, 2.05) is 18.2 Å². The van der Waals surface area contributed by atoms with E-state index < -0.39 is 0 Å². The Balaban J connectivity index is 1.94. The summed E-state index contributed by atoms with van der Waals surface area (Å²) in [6, 6.07) is 7.17. The van der Waals surface area contributed by atoms with Gasteiger partial charge in [-0.15, -0.1) is 0 Å². The van der Waals surface area contributed by atoms with Crippen LogP contribution in [0.5, 0.6) is 17.2 Å². The largest absolute Gasteiger partial charge is 0.506 e. The number of hydrogen-bond donors (Lipinski definition) is 3. The number of carbonyl (C=O) groups is 1. The van der Waals surface area contributed by atoms with Crippen LogP contribution in [0.2, 0.25) is 0 Å². The fraction of sp³-hybridized carbons (Fsp3) is 0.462. The quantitative estimate of drug-likeness (QED) is 0.307. The zero-order chi connectivity index (χ0) is 25.4. The number of ketones is 1. The van der Waals surface area contributed by atoms with Gasteiger partial charge in [0.2, 0.25) is 5.95 Å². The Morgan fingerprint density at radius 2 is 1.94 bits per heavy atom. The number of nitrogens with zero attached hydrogens (tertiary/aromatic N) is 3. The molecular weight excluding hydrogens is 446 g/mol. The van der Waals surface area contributed by atoms with Gasteiger partial charge >= 0.3 is 0 Å². The molecule has 0 aliphatic rings. The first-order valence-electron chi connectivity index (χ1n) is 11.9. The van der Waals surface area contributed by atoms with Crippen LogP contribution in [0, 0.1) is 0 Å². The number of anilines is 2. The molecule has 35 heavy (non-hydrogen) atoms. The number of aromatic hydroxyl groups is 1. The van der Waals surface area contributed by atoms with Gasteiger partial charge in [-0.05, 0) is 38.8 Å². The van der Waals surface area contributed by atoms with E-state index in [4.69, 9.17) is 14.5 Å². The van der Waals surface area contributed by atoms with Crippen LogP contribution in [0.3, 0.4) is 0 Å². The number of aromatic nitrogens is 3. The molecule has 9 nitrogen and oxygen atoms in total. The molecule has 0 aliphatic heterocycles. The summed E-state index contributed by atoms with van der Waals surface area (Å²) in [5, 5.41) is 16.8. The monoisotopic (exact) mass is 481 g/mol. The van der Waals surface area contributed by atoms with Crippen molar-refractivity contribution in [3.8, 4) is 17.2 Å². The molecule has 1 aromatic carbocycles. The number of ether oxygens (including phenoxy) is 2. The average Bonchev–Trinajstić information content (AvgIpc) is 2.84. The number of nitrogens with one attached hydrogen (secondary N) is 2. The van der Waals surface area contributed by atoms with Crippen molar-refractivity contribution in [3.05, 3.63) is 36.0 Å². The highest BCUT2D eigenvalue weighted by Gasteiger charge is 2.26. The molecule has 0 spiro atoms. The first-order valence-corrected chi connectivity index (χ1v) is 11.9. The van der Waals surface area contributed by atoms with E-state index in [9.17, 15) is 9.90 Å². The molecule has 3 N–H and O–H groups in total. The lowest BCUT2D eigenvalue weighted by Crippen LogP contribution is -2.36. The molecule has 188 valence electrons. The van der Waals surface area contributed by atoms with Gasteiger partial charge in [0.15, 0.2) is 5.82 Å². The third kappa shape index (κ3) is 6.94. The molecule has 3 rings (SSSR count). The second-order valence-corrected chi connectivity index (χ2v) is 8.98. The molecular formula is C26H35N5O4. The van der Waals surface area contributed by atoms with Crippen molar-refractivity contribution in [1.29, 1.82) is 0 Å².